The highest BCUT2D eigenvalue weighted by atomic mass is 35.5. The van der Waals surface area contributed by atoms with E-state index in [1.165, 1.54) is 13.2 Å². The first-order valence-corrected chi connectivity index (χ1v) is 8.30. The zero-order valence-corrected chi connectivity index (χ0v) is 14.6. The summed E-state index contributed by atoms with van der Waals surface area (Å²) < 4.78 is 4.67. The van der Waals surface area contributed by atoms with Crippen LogP contribution in [0.2, 0.25) is 5.02 Å². The molecule has 1 heterocycles. The van der Waals surface area contributed by atoms with Crippen LogP contribution in [0, 0.1) is 5.92 Å². The lowest BCUT2D eigenvalue weighted by molar-refractivity contribution is -0.134. The maximum Gasteiger partial charge on any atom is 0.337 e. The van der Waals surface area contributed by atoms with Gasteiger partial charge in [0, 0.05) is 25.4 Å². The first-order valence-electron chi connectivity index (χ1n) is 7.92. The smallest absolute Gasteiger partial charge is 0.337 e. The van der Waals surface area contributed by atoms with Crippen LogP contribution in [0.25, 0.3) is 0 Å². The lowest BCUT2D eigenvalue weighted by atomic mass is 9.95. The number of anilines is 1. The summed E-state index contributed by atoms with van der Waals surface area (Å²) in [5, 5.41) is 3.13. The molecule has 2 amide bonds. The number of benzene rings is 1. The summed E-state index contributed by atoms with van der Waals surface area (Å²) >= 11 is 6.09. The molecule has 1 N–H and O–H groups in total. The van der Waals surface area contributed by atoms with Crippen molar-refractivity contribution in [3.63, 3.8) is 0 Å². The molecule has 2 rings (SSSR count). The summed E-state index contributed by atoms with van der Waals surface area (Å²) in [6, 6.07) is 4.59. The van der Waals surface area contributed by atoms with Gasteiger partial charge in [-0.25, -0.2) is 4.79 Å². The molecule has 0 unspecified atom stereocenters. The molecule has 1 aliphatic rings. The summed E-state index contributed by atoms with van der Waals surface area (Å²) in [5.74, 6) is -0.706. The normalized spacial score (nSPS) is 15.0. The third kappa shape index (κ3) is 4.26. The van der Waals surface area contributed by atoms with E-state index in [0.717, 1.165) is 0 Å². The number of methoxy groups -OCH3 is 1. The highest BCUT2D eigenvalue weighted by molar-refractivity contribution is 6.33. The van der Waals surface area contributed by atoms with Crippen LogP contribution in [0.1, 0.15) is 36.5 Å². The fourth-order valence-corrected chi connectivity index (χ4v) is 2.88. The average molecular weight is 353 g/mol. The second kappa shape index (κ2) is 8.15. The van der Waals surface area contributed by atoms with Crippen molar-refractivity contribution in [2.24, 2.45) is 5.92 Å². The van der Waals surface area contributed by atoms with E-state index < -0.39 is 5.97 Å². The summed E-state index contributed by atoms with van der Waals surface area (Å²) in [7, 11) is 1.29. The Morgan fingerprint density at radius 2 is 1.96 bits per heavy atom. The van der Waals surface area contributed by atoms with E-state index in [-0.39, 0.29) is 17.7 Å². The number of likely N-dealkylation sites (tertiary alicyclic amines) is 1. The molecule has 0 spiro atoms. The number of piperidine rings is 1. The predicted octanol–water partition coefficient (Wildman–Crippen LogP) is 2.71. The topological polar surface area (TPSA) is 75.7 Å². The number of esters is 1. The molecule has 1 aromatic rings. The fourth-order valence-electron chi connectivity index (χ4n) is 2.72. The molecule has 0 saturated carbocycles. The third-order valence-corrected chi connectivity index (χ3v) is 4.50. The van der Waals surface area contributed by atoms with E-state index in [4.69, 9.17) is 11.6 Å². The molecule has 130 valence electrons. The number of carbonyl (C=O) groups excluding carboxylic acids is 3. The maximum atomic E-state index is 12.4. The minimum atomic E-state index is -0.492. The first kappa shape index (κ1) is 18.3. The zero-order valence-electron chi connectivity index (χ0n) is 13.8. The van der Waals surface area contributed by atoms with Crippen molar-refractivity contribution < 1.29 is 19.1 Å². The minimum absolute atomic E-state index is 0.114. The van der Waals surface area contributed by atoms with Crippen LogP contribution in [-0.2, 0) is 14.3 Å². The van der Waals surface area contributed by atoms with E-state index in [9.17, 15) is 14.4 Å². The largest absolute Gasteiger partial charge is 0.465 e. The van der Waals surface area contributed by atoms with Crippen molar-refractivity contribution in [2.45, 2.75) is 26.2 Å². The zero-order chi connectivity index (χ0) is 17.7. The van der Waals surface area contributed by atoms with E-state index in [0.29, 0.717) is 48.6 Å². The third-order valence-electron chi connectivity index (χ3n) is 4.17. The molecular weight excluding hydrogens is 332 g/mol. The lowest BCUT2D eigenvalue weighted by Crippen LogP contribution is -2.41. The highest BCUT2D eigenvalue weighted by Gasteiger charge is 2.27. The molecule has 6 nitrogen and oxygen atoms in total. The standard InChI is InChI=1S/C17H21ClN2O4/c1-3-15(21)20-8-6-11(7-9-20)16(22)19-14-10-12(17(23)24-2)4-5-13(14)18/h4-5,10-11H,3,6-9H2,1-2H3,(H,19,22). The Labute approximate surface area is 146 Å². The van der Waals surface area contributed by atoms with E-state index in [1.807, 2.05) is 6.92 Å². The molecule has 24 heavy (non-hydrogen) atoms. The number of halogens is 1. The van der Waals surface area contributed by atoms with Crippen LogP contribution in [0.15, 0.2) is 18.2 Å². The van der Waals surface area contributed by atoms with Crippen molar-refractivity contribution in [3.05, 3.63) is 28.8 Å². The molecule has 1 saturated heterocycles. The number of carbonyl (C=O) groups is 3. The van der Waals surface area contributed by atoms with Crippen LogP contribution in [0.3, 0.4) is 0 Å². The Balaban J connectivity index is 2.00. The molecule has 0 radical (unpaired) electrons. The van der Waals surface area contributed by atoms with Gasteiger partial charge >= 0.3 is 5.97 Å². The summed E-state index contributed by atoms with van der Waals surface area (Å²) in [4.78, 5) is 37.5. The van der Waals surface area contributed by atoms with Gasteiger partial charge in [-0.1, -0.05) is 18.5 Å². The molecule has 0 aliphatic carbocycles. The van der Waals surface area contributed by atoms with E-state index >= 15 is 0 Å². The van der Waals surface area contributed by atoms with Gasteiger partial charge < -0.3 is 15.0 Å². The lowest BCUT2D eigenvalue weighted by Gasteiger charge is -2.31. The highest BCUT2D eigenvalue weighted by Crippen LogP contribution is 2.26. The van der Waals surface area contributed by atoms with Crippen LogP contribution < -0.4 is 5.32 Å². The van der Waals surface area contributed by atoms with Crippen molar-refractivity contribution in [1.29, 1.82) is 0 Å². The first-order chi connectivity index (χ1) is 11.5. The van der Waals surface area contributed by atoms with Gasteiger partial charge in [-0.3, -0.25) is 9.59 Å². The van der Waals surface area contributed by atoms with Crippen LogP contribution in [0.5, 0.6) is 0 Å². The van der Waals surface area contributed by atoms with E-state index in [2.05, 4.69) is 10.1 Å². The molecular formula is C17H21ClN2O4. The summed E-state index contributed by atoms with van der Waals surface area (Å²) in [6.07, 6.45) is 1.71. The molecule has 0 aromatic heterocycles. The molecule has 0 bridgehead atoms. The average Bonchev–Trinajstić information content (AvgIpc) is 2.62. The van der Waals surface area contributed by atoms with Crippen molar-refractivity contribution >= 4 is 35.1 Å². The van der Waals surface area contributed by atoms with Gasteiger partial charge in [0.05, 0.1) is 23.4 Å². The minimum Gasteiger partial charge on any atom is -0.465 e. The monoisotopic (exact) mass is 352 g/mol. The Morgan fingerprint density at radius 1 is 1.29 bits per heavy atom. The van der Waals surface area contributed by atoms with Gasteiger partial charge in [-0.15, -0.1) is 0 Å². The second-order valence-corrected chi connectivity index (χ2v) is 6.09. The van der Waals surface area contributed by atoms with Crippen LogP contribution in [-0.4, -0.2) is 42.9 Å². The number of amides is 2. The Hall–Kier alpha value is -2.08. The fraction of sp³-hybridized carbons (Fsp3) is 0.471. The second-order valence-electron chi connectivity index (χ2n) is 5.68. The van der Waals surface area contributed by atoms with E-state index in [1.54, 1.807) is 17.0 Å². The molecule has 0 atom stereocenters. The molecule has 1 aliphatic heterocycles. The van der Waals surface area contributed by atoms with Crippen LogP contribution >= 0.6 is 11.6 Å². The Kier molecular flexibility index (Phi) is 6.20. The van der Waals surface area contributed by atoms with Gasteiger partial charge in [0.25, 0.3) is 0 Å². The van der Waals surface area contributed by atoms with Gasteiger partial charge in [0.2, 0.25) is 11.8 Å². The van der Waals surface area contributed by atoms with Crippen molar-refractivity contribution in [1.82, 2.24) is 4.90 Å². The Morgan fingerprint density at radius 3 is 2.54 bits per heavy atom. The summed E-state index contributed by atoms with van der Waals surface area (Å²) in [5.41, 5.74) is 0.706. The van der Waals surface area contributed by atoms with Crippen LogP contribution in [0.4, 0.5) is 5.69 Å². The number of hydrogen-bond donors (Lipinski definition) is 1. The molecule has 1 aromatic carbocycles. The maximum absolute atomic E-state index is 12.4. The molecule has 7 heteroatoms. The Bertz CT molecular complexity index is 639. The van der Waals surface area contributed by atoms with Crippen molar-refractivity contribution in [3.8, 4) is 0 Å². The number of nitrogens with zero attached hydrogens (tertiary/aromatic N) is 1. The SMILES string of the molecule is CCC(=O)N1CCC(C(=O)Nc2cc(C(=O)OC)ccc2Cl)CC1. The number of rotatable bonds is 4. The number of ether oxygens (including phenoxy) is 1. The van der Waals surface area contributed by atoms with Crippen molar-refractivity contribution in [2.75, 3.05) is 25.5 Å². The quantitative estimate of drug-likeness (QED) is 0.845. The summed E-state index contributed by atoms with van der Waals surface area (Å²) in [6.45, 7) is 3.00. The van der Waals surface area contributed by atoms with Gasteiger partial charge in [-0.2, -0.15) is 0 Å². The predicted molar refractivity (Wildman–Crippen MR) is 91.0 cm³/mol. The number of hydrogen-bond acceptors (Lipinski definition) is 4. The number of nitrogens with one attached hydrogen (secondary N) is 1. The van der Waals surface area contributed by atoms with Gasteiger partial charge in [0.15, 0.2) is 0 Å². The molecule has 1 fully saturated rings. The van der Waals surface area contributed by atoms with Gasteiger partial charge in [-0.05, 0) is 31.0 Å². The van der Waals surface area contributed by atoms with Gasteiger partial charge in [0.1, 0.15) is 0 Å².